The maximum Gasteiger partial charge on any atom is 0.140 e. The minimum Gasteiger partial charge on any atom is -0.308 e. The Morgan fingerprint density at radius 1 is 1.07 bits per heavy atom. The molecule has 0 amide bonds. The van der Waals surface area contributed by atoms with E-state index < -0.39 is 0 Å². The van der Waals surface area contributed by atoms with Crippen LogP contribution in [0.5, 0.6) is 0 Å². The average molecular weight is 186 g/mol. The normalized spacial score (nSPS) is 9.79. The molecule has 2 aromatic rings. The fourth-order valence-electron chi connectivity index (χ4n) is 1.20. The molecule has 0 aliphatic rings. The van der Waals surface area contributed by atoms with Crippen LogP contribution in [0.15, 0.2) is 42.7 Å². The standard InChI is InChI=1S/C10H10N4/c11-14-10-3-1-2-9(13-10)8-4-6-12-7-5-8/h1-7H,11H2,(H,13,14). The van der Waals surface area contributed by atoms with Crippen LogP contribution in [0, 0.1) is 0 Å². The first-order chi connectivity index (χ1) is 6.90. The topological polar surface area (TPSA) is 63.8 Å². The Labute approximate surface area is 81.8 Å². The van der Waals surface area contributed by atoms with Crippen molar-refractivity contribution in [2.45, 2.75) is 0 Å². The van der Waals surface area contributed by atoms with Crippen molar-refractivity contribution in [1.82, 2.24) is 9.97 Å². The second kappa shape index (κ2) is 3.85. The summed E-state index contributed by atoms with van der Waals surface area (Å²) in [7, 11) is 0. The maximum atomic E-state index is 5.27. The number of anilines is 1. The summed E-state index contributed by atoms with van der Waals surface area (Å²) in [5, 5.41) is 0. The molecule has 0 unspecified atom stereocenters. The number of hydrazine groups is 1. The van der Waals surface area contributed by atoms with E-state index in [4.69, 9.17) is 5.84 Å². The van der Waals surface area contributed by atoms with Crippen LogP contribution in [0.1, 0.15) is 0 Å². The lowest BCUT2D eigenvalue weighted by molar-refractivity contribution is 1.22. The Morgan fingerprint density at radius 3 is 2.57 bits per heavy atom. The van der Waals surface area contributed by atoms with E-state index in [0.717, 1.165) is 11.3 Å². The highest BCUT2D eigenvalue weighted by atomic mass is 15.2. The van der Waals surface area contributed by atoms with Gasteiger partial charge in [-0.25, -0.2) is 10.8 Å². The van der Waals surface area contributed by atoms with E-state index in [1.165, 1.54) is 0 Å². The Morgan fingerprint density at radius 2 is 1.86 bits per heavy atom. The third kappa shape index (κ3) is 1.70. The van der Waals surface area contributed by atoms with Crippen molar-refractivity contribution in [1.29, 1.82) is 0 Å². The fraction of sp³-hybridized carbons (Fsp3) is 0. The molecule has 0 fully saturated rings. The molecule has 0 aliphatic heterocycles. The molecule has 2 aromatic heterocycles. The van der Waals surface area contributed by atoms with Crippen molar-refractivity contribution in [3.63, 3.8) is 0 Å². The van der Waals surface area contributed by atoms with Gasteiger partial charge in [0.25, 0.3) is 0 Å². The highest BCUT2D eigenvalue weighted by molar-refractivity contribution is 5.60. The largest absolute Gasteiger partial charge is 0.308 e. The van der Waals surface area contributed by atoms with Crippen LogP contribution in [-0.4, -0.2) is 9.97 Å². The highest BCUT2D eigenvalue weighted by Gasteiger charge is 1.98. The summed E-state index contributed by atoms with van der Waals surface area (Å²) in [5.41, 5.74) is 4.41. The van der Waals surface area contributed by atoms with Gasteiger partial charge >= 0.3 is 0 Å². The molecule has 0 aliphatic carbocycles. The molecule has 2 heterocycles. The van der Waals surface area contributed by atoms with Crippen LogP contribution < -0.4 is 11.3 Å². The summed E-state index contributed by atoms with van der Waals surface area (Å²) in [5.74, 6) is 5.92. The van der Waals surface area contributed by atoms with Crippen molar-refractivity contribution in [2.24, 2.45) is 5.84 Å². The van der Waals surface area contributed by atoms with E-state index >= 15 is 0 Å². The molecule has 0 aromatic carbocycles. The molecule has 0 saturated heterocycles. The number of nitrogens with one attached hydrogen (secondary N) is 1. The molecule has 0 spiro atoms. The van der Waals surface area contributed by atoms with Crippen molar-refractivity contribution in [3.8, 4) is 11.3 Å². The first-order valence-electron chi connectivity index (χ1n) is 4.24. The number of hydrogen-bond acceptors (Lipinski definition) is 4. The number of nitrogens with zero attached hydrogens (tertiary/aromatic N) is 2. The van der Waals surface area contributed by atoms with Gasteiger partial charge in [-0.05, 0) is 24.3 Å². The van der Waals surface area contributed by atoms with Crippen LogP contribution in [-0.2, 0) is 0 Å². The fourth-order valence-corrected chi connectivity index (χ4v) is 1.20. The Hall–Kier alpha value is -1.94. The molecule has 0 bridgehead atoms. The average Bonchev–Trinajstić information content (AvgIpc) is 2.30. The van der Waals surface area contributed by atoms with Gasteiger partial charge in [-0.15, -0.1) is 0 Å². The van der Waals surface area contributed by atoms with E-state index in [-0.39, 0.29) is 0 Å². The predicted molar refractivity (Wildman–Crippen MR) is 55.3 cm³/mol. The SMILES string of the molecule is NNc1cccc(-c2ccncc2)n1. The van der Waals surface area contributed by atoms with Crippen LogP contribution >= 0.6 is 0 Å². The number of nitrogens with two attached hydrogens (primary N) is 1. The van der Waals surface area contributed by atoms with Crippen LogP contribution in [0.4, 0.5) is 5.82 Å². The molecule has 2 rings (SSSR count). The molecule has 4 nitrogen and oxygen atoms in total. The molecule has 14 heavy (non-hydrogen) atoms. The summed E-state index contributed by atoms with van der Waals surface area (Å²) in [6.07, 6.45) is 3.47. The second-order valence-electron chi connectivity index (χ2n) is 2.79. The zero-order valence-electron chi connectivity index (χ0n) is 7.51. The second-order valence-corrected chi connectivity index (χ2v) is 2.79. The van der Waals surface area contributed by atoms with Crippen molar-refractivity contribution >= 4 is 5.82 Å². The van der Waals surface area contributed by atoms with Crippen LogP contribution in [0.25, 0.3) is 11.3 Å². The van der Waals surface area contributed by atoms with E-state index in [1.807, 2.05) is 30.3 Å². The van der Waals surface area contributed by atoms with Gasteiger partial charge < -0.3 is 5.43 Å². The molecule has 4 heteroatoms. The van der Waals surface area contributed by atoms with Gasteiger partial charge in [-0.3, -0.25) is 4.98 Å². The van der Waals surface area contributed by atoms with Crippen molar-refractivity contribution in [2.75, 3.05) is 5.43 Å². The number of rotatable bonds is 2. The van der Waals surface area contributed by atoms with Gasteiger partial charge in [-0.2, -0.15) is 0 Å². The van der Waals surface area contributed by atoms with E-state index in [1.54, 1.807) is 12.4 Å². The number of aromatic nitrogens is 2. The van der Waals surface area contributed by atoms with Gasteiger partial charge in [0.1, 0.15) is 5.82 Å². The summed E-state index contributed by atoms with van der Waals surface area (Å²) in [6.45, 7) is 0. The molecule has 0 radical (unpaired) electrons. The predicted octanol–water partition coefficient (Wildman–Crippen LogP) is 1.43. The molecule has 70 valence electrons. The summed E-state index contributed by atoms with van der Waals surface area (Å²) >= 11 is 0. The van der Waals surface area contributed by atoms with Gasteiger partial charge in [-0.1, -0.05) is 6.07 Å². The van der Waals surface area contributed by atoms with Gasteiger partial charge in [0.05, 0.1) is 5.69 Å². The molecular formula is C10H10N4. The number of nitrogen functional groups attached to an aromatic ring is 1. The zero-order valence-corrected chi connectivity index (χ0v) is 7.51. The molecule has 0 atom stereocenters. The van der Waals surface area contributed by atoms with Crippen LogP contribution in [0.2, 0.25) is 0 Å². The first-order valence-corrected chi connectivity index (χ1v) is 4.24. The lowest BCUT2D eigenvalue weighted by atomic mass is 10.2. The van der Waals surface area contributed by atoms with Crippen molar-refractivity contribution < 1.29 is 0 Å². The summed E-state index contributed by atoms with van der Waals surface area (Å²) < 4.78 is 0. The third-order valence-electron chi connectivity index (χ3n) is 1.87. The molecular weight excluding hydrogens is 176 g/mol. The van der Waals surface area contributed by atoms with E-state index in [2.05, 4.69) is 15.4 Å². The lowest BCUT2D eigenvalue weighted by Crippen LogP contribution is -2.08. The zero-order chi connectivity index (χ0) is 9.80. The summed E-state index contributed by atoms with van der Waals surface area (Å²) in [6, 6.07) is 9.45. The minimum atomic E-state index is 0.652. The smallest absolute Gasteiger partial charge is 0.140 e. The summed E-state index contributed by atoms with van der Waals surface area (Å²) in [4.78, 5) is 8.24. The van der Waals surface area contributed by atoms with Gasteiger partial charge in [0.15, 0.2) is 0 Å². The van der Waals surface area contributed by atoms with Crippen molar-refractivity contribution in [3.05, 3.63) is 42.7 Å². The first kappa shape index (κ1) is 8.65. The van der Waals surface area contributed by atoms with Crippen LogP contribution in [0.3, 0.4) is 0 Å². The van der Waals surface area contributed by atoms with Gasteiger partial charge in [0.2, 0.25) is 0 Å². The Kier molecular flexibility index (Phi) is 2.38. The highest BCUT2D eigenvalue weighted by Crippen LogP contribution is 2.16. The Balaban J connectivity index is 2.42. The third-order valence-corrected chi connectivity index (χ3v) is 1.87. The maximum absolute atomic E-state index is 5.27. The van der Waals surface area contributed by atoms with Gasteiger partial charge in [0, 0.05) is 18.0 Å². The number of pyridine rings is 2. The quantitative estimate of drug-likeness (QED) is 0.550. The molecule has 3 N–H and O–H groups in total. The molecule has 0 saturated carbocycles. The number of hydrogen-bond donors (Lipinski definition) is 2. The van der Waals surface area contributed by atoms with E-state index in [0.29, 0.717) is 5.82 Å². The lowest BCUT2D eigenvalue weighted by Gasteiger charge is -2.02. The van der Waals surface area contributed by atoms with E-state index in [9.17, 15) is 0 Å². The Bertz CT molecular complexity index is 413. The monoisotopic (exact) mass is 186 g/mol. The minimum absolute atomic E-state index is 0.652.